The van der Waals surface area contributed by atoms with E-state index in [1.165, 1.54) is 11.8 Å². The van der Waals surface area contributed by atoms with Crippen LogP contribution in [0.5, 0.6) is 0 Å². The molecule has 0 bridgehead atoms. The zero-order valence-electron chi connectivity index (χ0n) is 11.7. The van der Waals surface area contributed by atoms with Crippen molar-refractivity contribution in [1.82, 2.24) is 9.97 Å². The van der Waals surface area contributed by atoms with E-state index < -0.39 is 5.97 Å². The third-order valence-electron chi connectivity index (χ3n) is 2.64. The third kappa shape index (κ3) is 3.36. The summed E-state index contributed by atoms with van der Waals surface area (Å²) >= 11 is 1.52. The van der Waals surface area contributed by atoms with Crippen LogP contribution in [-0.4, -0.2) is 22.5 Å². The summed E-state index contributed by atoms with van der Waals surface area (Å²) in [5, 5.41) is 0.784. The number of nitrogens with zero attached hydrogens (tertiary/aromatic N) is 2. The number of carbonyl (C=O) groups excluding carboxylic acids is 1. The number of benzene rings is 1. The summed E-state index contributed by atoms with van der Waals surface area (Å²) in [6, 6.07) is 9.92. The van der Waals surface area contributed by atoms with Gasteiger partial charge in [0.25, 0.3) is 0 Å². The van der Waals surface area contributed by atoms with Crippen LogP contribution < -0.4 is 0 Å². The number of hydrogen-bond acceptors (Lipinski definition) is 5. The minimum Gasteiger partial charge on any atom is -0.461 e. The van der Waals surface area contributed by atoms with Crippen LogP contribution in [-0.2, 0) is 4.74 Å². The van der Waals surface area contributed by atoms with Gasteiger partial charge in [-0.1, -0.05) is 30.0 Å². The molecule has 5 heteroatoms. The fraction of sp³-hybridized carbons (Fsp3) is 0.267. The highest BCUT2D eigenvalue weighted by molar-refractivity contribution is 7.99. The number of hydrogen-bond donors (Lipinski definition) is 0. The fourth-order valence-electron chi connectivity index (χ4n) is 1.70. The summed E-state index contributed by atoms with van der Waals surface area (Å²) in [6.45, 7) is 5.73. The van der Waals surface area contributed by atoms with Crippen LogP contribution in [0.3, 0.4) is 0 Å². The molecule has 2 rings (SSSR count). The number of rotatable bonds is 4. The molecule has 0 spiro atoms. The monoisotopic (exact) mass is 288 g/mol. The first-order valence-corrected chi connectivity index (χ1v) is 7.18. The second-order valence-corrected chi connectivity index (χ2v) is 5.25. The zero-order chi connectivity index (χ0) is 14.5. The Bertz CT molecular complexity index is 615. The second kappa shape index (κ2) is 6.52. The molecule has 1 heterocycles. The van der Waals surface area contributed by atoms with E-state index in [0.29, 0.717) is 18.1 Å². The van der Waals surface area contributed by atoms with Crippen LogP contribution in [0, 0.1) is 13.8 Å². The molecule has 0 amide bonds. The third-order valence-corrected chi connectivity index (χ3v) is 3.74. The lowest BCUT2D eigenvalue weighted by Gasteiger charge is -2.10. The average Bonchev–Trinajstić information content (AvgIpc) is 2.44. The zero-order valence-corrected chi connectivity index (χ0v) is 12.5. The average molecular weight is 288 g/mol. The van der Waals surface area contributed by atoms with Crippen molar-refractivity contribution in [2.45, 2.75) is 30.7 Å². The van der Waals surface area contributed by atoms with Crippen molar-refractivity contribution < 1.29 is 9.53 Å². The van der Waals surface area contributed by atoms with E-state index >= 15 is 0 Å². The first-order chi connectivity index (χ1) is 9.61. The molecule has 0 saturated heterocycles. The normalized spacial score (nSPS) is 10.3. The van der Waals surface area contributed by atoms with Crippen molar-refractivity contribution >= 4 is 17.7 Å². The SMILES string of the molecule is CCOC(=O)c1nc(C)nc(Sc2ccccc2)c1C. The largest absolute Gasteiger partial charge is 0.461 e. The summed E-state index contributed by atoms with van der Waals surface area (Å²) in [5.41, 5.74) is 1.10. The number of ether oxygens (including phenoxy) is 1. The van der Waals surface area contributed by atoms with Crippen LogP contribution in [0.2, 0.25) is 0 Å². The predicted octanol–water partition coefficient (Wildman–Crippen LogP) is 3.42. The molecule has 0 fully saturated rings. The maximum absolute atomic E-state index is 11.9. The molecule has 104 valence electrons. The highest BCUT2D eigenvalue weighted by atomic mass is 32.2. The lowest BCUT2D eigenvalue weighted by Crippen LogP contribution is -2.12. The van der Waals surface area contributed by atoms with Gasteiger partial charge in [-0.25, -0.2) is 14.8 Å². The molecule has 0 saturated carbocycles. The Morgan fingerprint density at radius 3 is 2.55 bits per heavy atom. The summed E-state index contributed by atoms with van der Waals surface area (Å²) in [6.07, 6.45) is 0. The molecular formula is C15H16N2O2S. The van der Waals surface area contributed by atoms with Crippen molar-refractivity contribution in [1.29, 1.82) is 0 Å². The summed E-state index contributed by atoms with van der Waals surface area (Å²) in [5.74, 6) is 0.169. The molecule has 0 atom stereocenters. The number of aryl methyl sites for hydroxylation is 1. The molecule has 1 aromatic heterocycles. The van der Waals surface area contributed by atoms with Crippen molar-refractivity contribution in [3.05, 3.63) is 47.4 Å². The van der Waals surface area contributed by atoms with Gasteiger partial charge in [-0.3, -0.25) is 0 Å². The minimum absolute atomic E-state index is 0.336. The lowest BCUT2D eigenvalue weighted by molar-refractivity contribution is 0.0517. The Hall–Kier alpha value is -1.88. The Morgan fingerprint density at radius 1 is 1.20 bits per heavy atom. The predicted molar refractivity (Wildman–Crippen MR) is 78.0 cm³/mol. The van der Waals surface area contributed by atoms with Gasteiger partial charge in [-0.05, 0) is 32.9 Å². The standard InChI is InChI=1S/C15H16N2O2S/c1-4-19-15(18)13-10(2)14(17-11(3)16-13)20-12-8-6-5-7-9-12/h5-9H,4H2,1-3H3. The van der Waals surface area contributed by atoms with Gasteiger partial charge >= 0.3 is 5.97 Å². The molecule has 0 N–H and O–H groups in total. The number of esters is 1. The van der Waals surface area contributed by atoms with Gasteiger partial charge in [-0.2, -0.15) is 0 Å². The van der Waals surface area contributed by atoms with E-state index in [9.17, 15) is 4.79 Å². The van der Waals surface area contributed by atoms with Crippen LogP contribution in [0.4, 0.5) is 0 Å². The first kappa shape index (κ1) is 14.5. The molecule has 0 aliphatic rings. The van der Waals surface area contributed by atoms with Gasteiger partial charge in [0.05, 0.1) is 6.61 Å². The van der Waals surface area contributed by atoms with Gasteiger partial charge < -0.3 is 4.74 Å². The number of carbonyl (C=O) groups is 1. The minimum atomic E-state index is -0.398. The molecule has 4 nitrogen and oxygen atoms in total. The summed E-state index contributed by atoms with van der Waals surface area (Å²) in [7, 11) is 0. The summed E-state index contributed by atoms with van der Waals surface area (Å²) in [4.78, 5) is 21.6. The van der Waals surface area contributed by atoms with Gasteiger partial charge in [0.1, 0.15) is 10.9 Å². The Balaban J connectivity index is 2.36. The molecule has 20 heavy (non-hydrogen) atoms. The lowest BCUT2D eigenvalue weighted by atomic mass is 10.2. The molecular weight excluding hydrogens is 272 g/mol. The highest BCUT2D eigenvalue weighted by Gasteiger charge is 2.17. The van der Waals surface area contributed by atoms with E-state index in [2.05, 4.69) is 9.97 Å². The van der Waals surface area contributed by atoms with E-state index in [0.717, 1.165) is 15.5 Å². The molecule has 0 radical (unpaired) electrons. The van der Waals surface area contributed by atoms with E-state index in [1.807, 2.05) is 37.3 Å². The van der Waals surface area contributed by atoms with Gasteiger partial charge in [0.15, 0.2) is 5.69 Å². The highest BCUT2D eigenvalue weighted by Crippen LogP contribution is 2.29. The fourth-order valence-corrected chi connectivity index (χ4v) is 2.64. The Labute approximate surface area is 122 Å². The van der Waals surface area contributed by atoms with E-state index in [1.54, 1.807) is 13.8 Å². The van der Waals surface area contributed by atoms with Crippen molar-refractivity contribution in [3.63, 3.8) is 0 Å². The van der Waals surface area contributed by atoms with Crippen LogP contribution in [0.1, 0.15) is 28.8 Å². The summed E-state index contributed by atoms with van der Waals surface area (Å²) < 4.78 is 5.03. The number of aromatic nitrogens is 2. The topological polar surface area (TPSA) is 52.1 Å². The van der Waals surface area contributed by atoms with E-state index in [-0.39, 0.29) is 0 Å². The molecule has 0 aliphatic heterocycles. The second-order valence-electron chi connectivity index (χ2n) is 4.19. The maximum atomic E-state index is 11.9. The molecule has 0 unspecified atom stereocenters. The van der Waals surface area contributed by atoms with Gasteiger partial charge in [-0.15, -0.1) is 0 Å². The van der Waals surface area contributed by atoms with Crippen LogP contribution in [0.25, 0.3) is 0 Å². The molecule has 1 aromatic carbocycles. The maximum Gasteiger partial charge on any atom is 0.357 e. The smallest absolute Gasteiger partial charge is 0.357 e. The first-order valence-electron chi connectivity index (χ1n) is 6.37. The Kier molecular flexibility index (Phi) is 4.74. The molecule has 2 aromatic rings. The molecule has 0 aliphatic carbocycles. The van der Waals surface area contributed by atoms with Crippen LogP contribution >= 0.6 is 11.8 Å². The van der Waals surface area contributed by atoms with Crippen molar-refractivity contribution in [3.8, 4) is 0 Å². The Morgan fingerprint density at radius 2 is 1.90 bits per heavy atom. The van der Waals surface area contributed by atoms with Gasteiger partial charge in [0.2, 0.25) is 0 Å². The van der Waals surface area contributed by atoms with Crippen LogP contribution in [0.15, 0.2) is 40.3 Å². The van der Waals surface area contributed by atoms with E-state index in [4.69, 9.17) is 4.74 Å². The van der Waals surface area contributed by atoms with Crippen molar-refractivity contribution in [2.24, 2.45) is 0 Å². The quantitative estimate of drug-likeness (QED) is 0.637. The van der Waals surface area contributed by atoms with Crippen molar-refractivity contribution in [2.75, 3.05) is 6.61 Å². The van der Waals surface area contributed by atoms with Gasteiger partial charge in [0, 0.05) is 10.5 Å².